The van der Waals surface area contributed by atoms with Crippen molar-refractivity contribution in [3.63, 3.8) is 0 Å². The Morgan fingerprint density at radius 2 is 2.00 bits per heavy atom. The van der Waals surface area contributed by atoms with Gasteiger partial charge in [0, 0.05) is 31.3 Å². The number of aliphatic hydroxyl groups is 1. The molecule has 1 heterocycles. The van der Waals surface area contributed by atoms with Gasteiger partial charge in [0.05, 0.1) is 12.7 Å². The van der Waals surface area contributed by atoms with E-state index >= 15 is 0 Å². The normalized spacial score (nSPS) is 19.9. The Morgan fingerprint density at radius 1 is 1.27 bits per heavy atom. The number of nitrogens with one attached hydrogen (secondary N) is 2. The number of carbonyl (C=O) groups excluding carboxylic acids is 2. The van der Waals surface area contributed by atoms with Gasteiger partial charge in [0.25, 0.3) is 11.8 Å². The summed E-state index contributed by atoms with van der Waals surface area (Å²) in [7, 11) is 3.20. The molecule has 8 nitrogen and oxygen atoms in total. The summed E-state index contributed by atoms with van der Waals surface area (Å²) in [5, 5.41) is 20.4. The second-order valence-corrected chi connectivity index (χ2v) is 7.81. The molecular weight excluding hydrogens is 408 g/mol. The van der Waals surface area contributed by atoms with Crippen LogP contribution in [-0.4, -0.2) is 59.6 Å². The van der Waals surface area contributed by atoms with Gasteiger partial charge < -0.3 is 20.5 Å². The Hall–Kier alpha value is -2.42. The largest absolute Gasteiger partial charge is 0.394 e. The molecule has 30 heavy (non-hydrogen) atoms. The van der Waals surface area contributed by atoms with E-state index in [1.807, 2.05) is 0 Å². The third-order valence-corrected chi connectivity index (χ3v) is 5.71. The second-order valence-electron chi connectivity index (χ2n) is 7.37. The molecule has 1 aliphatic rings. The molecule has 1 aliphatic carbocycles. The van der Waals surface area contributed by atoms with Crippen molar-refractivity contribution < 1.29 is 19.4 Å². The number of hydrogen-bond donors (Lipinski definition) is 3. The molecule has 9 heteroatoms. The Kier molecular flexibility index (Phi) is 7.47. The van der Waals surface area contributed by atoms with Crippen molar-refractivity contribution in [3.8, 4) is 0 Å². The van der Waals surface area contributed by atoms with E-state index in [9.17, 15) is 14.7 Å². The number of halogens is 1. The smallest absolute Gasteiger partial charge is 0.271 e. The lowest BCUT2D eigenvalue weighted by molar-refractivity contribution is 0.0596. The molecule has 2 amide bonds. The first-order chi connectivity index (χ1) is 14.5. The van der Waals surface area contributed by atoms with Crippen LogP contribution in [0.15, 0.2) is 30.3 Å². The highest BCUT2D eigenvalue weighted by molar-refractivity contribution is 6.30. The molecule has 1 atom stereocenters. The molecule has 0 aliphatic heterocycles. The molecule has 1 fully saturated rings. The van der Waals surface area contributed by atoms with Crippen LogP contribution in [0.5, 0.6) is 0 Å². The van der Waals surface area contributed by atoms with Gasteiger partial charge in [-0.05, 0) is 43.4 Å². The van der Waals surface area contributed by atoms with Crippen LogP contribution in [0.3, 0.4) is 0 Å². The highest BCUT2D eigenvalue weighted by Gasteiger charge is 2.28. The van der Waals surface area contributed by atoms with Crippen molar-refractivity contribution >= 4 is 23.4 Å². The minimum Gasteiger partial charge on any atom is -0.394 e. The van der Waals surface area contributed by atoms with Crippen LogP contribution in [0.25, 0.3) is 0 Å². The number of hydrogen-bond acceptors (Lipinski definition) is 5. The summed E-state index contributed by atoms with van der Waals surface area (Å²) in [6.45, 7) is -0.311. The number of aromatic nitrogens is 2. The molecule has 0 radical (unpaired) electrons. The Morgan fingerprint density at radius 3 is 2.60 bits per heavy atom. The van der Waals surface area contributed by atoms with E-state index < -0.39 is 11.9 Å². The van der Waals surface area contributed by atoms with Gasteiger partial charge in [0.15, 0.2) is 5.69 Å². The number of rotatable bonds is 7. The average Bonchev–Trinajstić information content (AvgIpc) is 3.19. The van der Waals surface area contributed by atoms with Crippen LogP contribution in [0, 0.1) is 0 Å². The van der Waals surface area contributed by atoms with E-state index in [-0.39, 0.29) is 36.0 Å². The molecule has 162 valence electrons. The topological polar surface area (TPSA) is 105 Å². The van der Waals surface area contributed by atoms with Gasteiger partial charge in [-0.1, -0.05) is 23.7 Å². The maximum absolute atomic E-state index is 13.1. The van der Waals surface area contributed by atoms with Crippen molar-refractivity contribution in [3.05, 3.63) is 52.3 Å². The van der Waals surface area contributed by atoms with E-state index in [4.69, 9.17) is 16.3 Å². The van der Waals surface area contributed by atoms with E-state index in [0.717, 1.165) is 25.7 Å². The molecule has 1 aromatic carbocycles. The maximum Gasteiger partial charge on any atom is 0.271 e. The Labute approximate surface area is 180 Å². The van der Waals surface area contributed by atoms with Gasteiger partial charge in [-0.2, -0.15) is 5.10 Å². The summed E-state index contributed by atoms with van der Waals surface area (Å²) in [5.41, 5.74) is 0.999. The molecule has 1 unspecified atom stereocenters. The first-order valence-corrected chi connectivity index (χ1v) is 10.4. The van der Waals surface area contributed by atoms with Crippen molar-refractivity contribution in [2.75, 3.05) is 20.8 Å². The number of aliphatic hydroxyl groups excluding tert-OH is 1. The minimum atomic E-state index is -0.660. The SMILES string of the molecule is CNC(=O)c1cc(C(=O)NC2CCC(OC)CC2)n(C(CO)c2cccc(Cl)c2)n1. The van der Waals surface area contributed by atoms with Crippen LogP contribution in [-0.2, 0) is 4.74 Å². The first-order valence-electron chi connectivity index (χ1n) is 9.98. The Balaban J connectivity index is 1.89. The monoisotopic (exact) mass is 434 g/mol. The first kappa shape index (κ1) is 22.3. The fourth-order valence-electron chi connectivity index (χ4n) is 3.78. The summed E-state index contributed by atoms with van der Waals surface area (Å²) < 4.78 is 6.78. The molecule has 0 saturated heterocycles. The molecular formula is C21H27ClN4O4. The molecule has 1 saturated carbocycles. The third kappa shape index (κ3) is 5.00. The number of carbonyl (C=O) groups is 2. The van der Waals surface area contributed by atoms with Crippen molar-refractivity contribution in [2.24, 2.45) is 0 Å². The highest BCUT2D eigenvalue weighted by atomic mass is 35.5. The van der Waals surface area contributed by atoms with E-state index in [1.165, 1.54) is 17.8 Å². The van der Waals surface area contributed by atoms with E-state index in [1.54, 1.807) is 31.4 Å². The lowest BCUT2D eigenvalue weighted by Gasteiger charge is -2.28. The zero-order valence-electron chi connectivity index (χ0n) is 17.1. The van der Waals surface area contributed by atoms with Crippen molar-refractivity contribution in [1.82, 2.24) is 20.4 Å². The van der Waals surface area contributed by atoms with Gasteiger partial charge >= 0.3 is 0 Å². The Bertz CT molecular complexity index is 893. The molecule has 1 aromatic heterocycles. The van der Waals surface area contributed by atoms with Crippen LogP contribution < -0.4 is 10.6 Å². The van der Waals surface area contributed by atoms with E-state index in [0.29, 0.717) is 10.6 Å². The number of methoxy groups -OCH3 is 1. The zero-order chi connectivity index (χ0) is 21.7. The zero-order valence-corrected chi connectivity index (χ0v) is 17.9. The van der Waals surface area contributed by atoms with Gasteiger partial charge in [-0.25, -0.2) is 4.68 Å². The van der Waals surface area contributed by atoms with Gasteiger partial charge in [-0.15, -0.1) is 0 Å². The summed E-state index contributed by atoms with van der Waals surface area (Å²) >= 11 is 6.10. The molecule has 3 N–H and O–H groups in total. The fourth-order valence-corrected chi connectivity index (χ4v) is 3.98. The molecule has 3 rings (SSSR count). The van der Waals surface area contributed by atoms with Crippen LogP contribution >= 0.6 is 11.6 Å². The number of ether oxygens (including phenoxy) is 1. The predicted molar refractivity (Wildman–Crippen MR) is 113 cm³/mol. The van der Waals surface area contributed by atoms with Gasteiger partial charge in [-0.3, -0.25) is 9.59 Å². The molecule has 2 aromatic rings. The average molecular weight is 435 g/mol. The van der Waals surface area contributed by atoms with Crippen LogP contribution in [0.1, 0.15) is 58.3 Å². The third-order valence-electron chi connectivity index (χ3n) is 5.47. The van der Waals surface area contributed by atoms with Crippen LogP contribution in [0.4, 0.5) is 0 Å². The number of amides is 2. The van der Waals surface area contributed by atoms with Gasteiger partial charge in [0.1, 0.15) is 11.7 Å². The number of nitrogens with zero attached hydrogens (tertiary/aromatic N) is 2. The van der Waals surface area contributed by atoms with Crippen LogP contribution in [0.2, 0.25) is 5.02 Å². The van der Waals surface area contributed by atoms with E-state index in [2.05, 4.69) is 15.7 Å². The fraction of sp³-hybridized carbons (Fsp3) is 0.476. The summed E-state index contributed by atoms with van der Waals surface area (Å²) in [6, 6.07) is 7.79. The predicted octanol–water partition coefficient (Wildman–Crippen LogP) is 2.17. The standard InChI is InChI=1S/C21H27ClN4O4/c1-23-20(28)17-11-18(21(29)24-15-6-8-16(30-2)9-7-15)26(25-17)19(12-27)13-4-3-5-14(22)10-13/h3-5,10-11,15-16,19,27H,6-9,12H2,1-2H3,(H,23,28)(H,24,29). The quantitative estimate of drug-likeness (QED) is 0.619. The van der Waals surface area contributed by atoms with Crippen molar-refractivity contribution in [1.29, 1.82) is 0 Å². The highest BCUT2D eigenvalue weighted by Crippen LogP contribution is 2.24. The summed E-state index contributed by atoms with van der Waals surface area (Å²) in [6.07, 6.45) is 3.62. The lowest BCUT2D eigenvalue weighted by atomic mass is 9.93. The summed E-state index contributed by atoms with van der Waals surface area (Å²) in [5.74, 6) is -0.745. The van der Waals surface area contributed by atoms with Crippen molar-refractivity contribution in [2.45, 2.75) is 43.9 Å². The number of benzene rings is 1. The molecule has 0 spiro atoms. The summed E-state index contributed by atoms with van der Waals surface area (Å²) in [4.78, 5) is 25.2. The lowest BCUT2D eigenvalue weighted by Crippen LogP contribution is -2.40. The molecule has 0 bridgehead atoms. The maximum atomic E-state index is 13.1. The van der Waals surface area contributed by atoms with Gasteiger partial charge in [0.2, 0.25) is 0 Å². The second kappa shape index (κ2) is 10.1. The minimum absolute atomic E-state index is 0.0226.